The predicted molar refractivity (Wildman–Crippen MR) is 76.4 cm³/mol. The van der Waals surface area contributed by atoms with Crippen LogP contribution in [0.25, 0.3) is 0 Å². The van der Waals surface area contributed by atoms with Gasteiger partial charge >= 0.3 is 0 Å². The number of hydrogen-bond acceptors (Lipinski definition) is 2. The summed E-state index contributed by atoms with van der Waals surface area (Å²) < 4.78 is 0. The van der Waals surface area contributed by atoms with Crippen molar-refractivity contribution >= 4 is 11.8 Å². The minimum Gasteiger partial charge on any atom is -0.352 e. The Labute approximate surface area is 119 Å². The fraction of sp³-hybridized carbons (Fsp3) is 0.500. The first-order chi connectivity index (χ1) is 9.63. The first kappa shape index (κ1) is 13.2. The van der Waals surface area contributed by atoms with Gasteiger partial charge in [-0.05, 0) is 31.9 Å². The molecule has 1 aliphatic heterocycles. The van der Waals surface area contributed by atoms with Crippen LogP contribution in [-0.2, 0) is 4.79 Å². The van der Waals surface area contributed by atoms with Crippen molar-refractivity contribution in [3.05, 3.63) is 35.4 Å². The molecule has 0 bridgehead atoms. The maximum Gasteiger partial charge on any atom is 0.251 e. The first-order valence-corrected chi connectivity index (χ1v) is 7.28. The van der Waals surface area contributed by atoms with E-state index in [1.165, 1.54) is 0 Å². The van der Waals surface area contributed by atoms with Crippen LogP contribution in [0.1, 0.15) is 35.2 Å². The zero-order valence-electron chi connectivity index (χ0n) is 11.8. The summed E-state index contributed by atoms with van der Waals surface area (Å²) >= 11 is 0. The van der Waals surface area contributed by atoms with Crippen LogP contribution >= 0.6 is 0 Å². The maximum absolute atomic E-state index is 12.1. The molecule has 2 aliphatic rings. The van der Waals surface area contributed by atoms with Gasteiger partial charge in [-0.2, -0.15) is 0 Å². The molecule has 1 aromatic carbocycles. The van der Waals surface area contributed by atoms with Gasteiger partial charge in [0.15, 0.2) is 0 Å². The van der Waals surface area contributed by atoms with Crippen LogP contribution in [0.2, 0.25) is 0 Å². The molecule has 1 atom stereocenters. The fourth-order valence-electron chi connectivity index (χ4n) is 2.81. The van der Waals surface area contributed by atoms with Gasteiger partial charge in [-0.15, -0.1) is 0 Å². The monoisotopic (exact) mass is 272 g/mol. The molecule has 2 amide bonds. The fourth-order valence-corrected chi connectivity index (χ4v) is 2.81. The second-order valence-corrected chi connectivity index (χ2v) is 5.93. The van der Waals surface area contributed by atoms with Crippen molar-refractivity contribution in [3.63, 3.8) is 0 Å². The number of aryl methyl sites for hydroxylation is 1. The van der Waals surface area contributed by atoms with Crippen LogP contribution < -0.4 is 5.32 Å². The highest BCUT2D eigenvalue weighted by Crippen LogP contribution is 2.32. The van der Waals surface area contributed by atoms with Crippen molar-refractivity contribution in [2.45, 2.75) is 32.2 Å². The molecule has 0 spiro atoms. The van der Waals surface area contributed by atoms with E-state index in [4.69, 9.17) is 0 Å². The van der Waals surface area contributed by atoms with Gasteiger partial charge in [0.2, 0.25) is 5.91 Å². The molecule has 1 aromatic rings. The van der Waals surface area contributed by atoms with Crippen molar-refractivity contribution < 1.29 is 9.59 Å². The summed E-state index contributed by atoms with van der Waals surface area (Å²) in [4.78, 5) is 25.9. The van der Waals surface area contributed by atoms with Crippen LogP contribution in [0.5, 0.6) is 0 Å². The highest BCUT2D eigenvalue weighted by Gasteiger charge is 2.39. The summed E-state index contributed by atoms with van der Waals surface area (Å²) in [5.74, 6) is 0.463. The van der Waals surface area contributed by atoms with E-state index in [0.717, 1.165) is 24.9 Å². The number of carbonyl (C=O) groups excluding carboxylic acids is 2. The minimum absolute atomic E-state index is 0.0500. The number of likely N-dealkylation sites (tertiary alicyclic amines) is 1. The van der Waals surface area contributed by atoms with Crippen LogP contribution in [-0.4, -0.2) is 35.8 Å². The second-order valence-electron chi connectivity index (χ2n) is 5.93. The zero-order chi connectivity index (χ0) is 14.1. The van der Waals surface area contributed by atoms with Crippen LogP contribution in [0, 0.1) is 12.8 Å². The summed E-state index contributed by atoms with van der Waals surface area (Å²) in [6.45, 7) is 3.36. The summed E-state index contributed by atoms with van der Waals surface area (Å²) in [5.41, 5.74) is 1.77. The molecule has 20 heavy (non-hydrogen) atoms. The Bertz CT molecular complexity index is 537. The Morgan fingerprint density at radius 2 is 2.20 bits per heavy atom. The molecule has 1 heterocycles. The molecule has 4 nitrogen and oxygen atoms in total. The number of hydrogen-bond donors (Lipinski definition) is 1. The summed E-state index contributed by atoms with van der Waals surface area (Å²) in [6, 6.07) is 8.04. The topological polar surface area (TPSA) is 49.4 Å². The molecule has 1 N–H and O–H groups in total. The first-order valence-electron chi connectivity index (χ1n) is 7.28. The summed E-state index contributed by atoms with van der Waals surface area (Å²) in [5, 5.41) is 2.95. The van der Waals surface area contributed by atoms with Crippen molar-refractivity contribution in [1.29, 1.82) is 0 Å². The lowest BCUT2D eigenvalue weighted by Crippen LogP contribution is -2.32. The second kappa shape index (κ2) is 5.27. The maximum atomic E-state index is 12.1. The Morgan fingerprint density at radius 3 is 2.90 bits per heavy atom. The zero-order valence-corrected chi connectivity index (χ0v) is 11.8. The average molecular weight is 272 g/mol. The van der Waals surface area contributed by atoms with Gasteiger partial charge in [-0.3, -0.25) is 9.59 Å². The van der Waals surface area contributed by atoms with Crippen LogP contribution in [0.15, 0.2) is 24.3 Å². The highest BCUT2D eigenvalue weighted by molar-refractivity contribution is 5.94. The number of benzene rings is 1. The van der Waals surface area contributed by atoms with Gasteiger partial charge < -0.3 is 10.2 Å². The van der Waals surface area contributed by atoms with Gasteiger partial charge in [0.25, 0.3) is 5.91 Å². The van der Waals surface area contributed by atoms with E-state index in [-0.39, 0.29) is 17.7 Å². The third-order valence-corrected chi connectivity index (χ3v) is 4.06. The Hall–Kier alpha value is -1.84. The number of amides is 2. The standard InChI is InChI=1S/C16H20N2O2/c1-11-3-2-4-13(7-11)16(20)17-9-12-8-15(19)18(10-12)14-5-6-14/h2-4,7,12,14H,5-6,8-10H2,1H3,(H,17,20). The Morgan fingerprint density at radius 1 is 1.40 bits per heavy atom. The lowest BCUT2D eigenvalue weighted by molar-refractivity contribution is -0.128. The highest BCUT2D eigenvalue weighted by atomic mass is 16.2. The molecule has 1 unspecified atom stereocenters. The van der Waals surface area contributed by atoms with E-state index >= 15 is 0 Å². The molecule has 0 radical (unpaired) electrons. The molecule has 1 aliphatic carbocycles. The molecule has 106 valence electrons. The number of nitrogens with zero attached hydrogens (tertiary/aromatic N) is 1. The van der Waals surface area contributed by atoms with Crippen molar-refractivity contribution in [2.75, 3.05) is 13.1 Å². The lowest BCUT2D eigenvalue weighted by atomic mass is 10.1. The molecule has 1 saturated heterocycles. The van der Waals surface area contributed by atoms with Crippen LogP contribution in [0.3, 0.4) is 0 Å². The molecule has 0 aromatic heterocycles. The van der Waals surface area contributed by atoms with Crippen LogP contribution in [0.4, 0.5) is 0 Å². The van der Waals surface area contributed by atoms with E-state index in [1.807, 2.05) is 36.1 Å². The van der Waals surface area contributed by atoms with Gasteiger partial charge in [0.1, 0.15) is 0 Å². The van der Waals surface area contributed by atoms with E-state index in [0.29, 0.717) is 24.6 Å². The summed E-state index contributed by atoms with van der Waals surface area (Å²) in [7, 11) is 0. The quantitative estimate of drug-likeness (QED) is 0.907. The molecule has 1 saturated carbocycles. The molecule has 3 rings (SSSR count). The van der Waals surface area contributed by atoms with Gasteiger partial charge in [-0.1, -0.05) is 17.7 Å². The largest absolute Gasteiger partial charge is 0.352 e. The summed E-state index contributed by atoms with van der Waals surface area (Å²) in [6.07, 6.45) is 2.87. The molecular weight excluding hydrogens is 252 g/mol. The molecular formula is C16H20N2O2. The minimum atomic E-state index is -0.0500. The Kier molecular flexibility index (Phi) is 3.47. The van der Waals surface area contributed by atoms with E-state index < -0.39 is 0 Å². The number of rotatable bonds is 4. The average Bonchev–Trinajstić information content (AvgIpc) is 3.20. The SMILES string of the molecule is Cc1cccc(C(=O)NCC2CC(=O)N(C3CC3)C2)c1. The third-order valence-electron chi connectivity index (χ3n) is 4.06. The number of carbonyl (C=O) groups is 2. The van der Waals surface area contributed by atoms with Crippen molar-refractivity contribution in [1.82, 2.24) is 10.2 Å². The van der Waals surface area contributed by atoms with E-state index in [1.54, 1.807) is 0 Å². The Balaban J connectivity index is 1.52. The van der Waals surface area contributed by atoms with E-state index in [2.05, 4.69) is 5.32 Å². The van der Waals surface area contributed by atoms with Gasteiger partial charge in [-0.25, -0.2) is 0 Å². The molecule has 2 fully saturated rings. The third kappa shape index (κ3) is 2.84. The number of nitrogens with one attached hydrogen (secondary N) is 1. The van der Waals surface area contributed by atoms with Crippen molar-refractivity contribution in [2.24, 2.45) is 5.92 Å². The predicted octanol–water partition coefficient (Wildman–Crippen LogP) is 1.74. The van der Waals surface area contributed by atoms with Gasteiger partial charge in [0.05, 0.1) is 0 Å². The smallest absolute Gasteiger partial charge is 0.251 e. The van der Waals surface area contributed by atoms with Gasteiger partial charge in [0, 0.05) is 37.0 Å². The van der Waals surface area contributed by atoms with Crippen molar-refractivity contribution in [3.8, 4) is 0 Å². The lowest BCUT2D eigenvalue weighted by Gasteiger charge is -2.15. The normalized spacial score (nSPS) is 22.1. The molecule has 4 heteroatoms. The van der Waals surface area contributed by atoms with E-state index in [9.17, 15) is 9.59 Å².